The summed E-state index contributed by atoms with van der Waals surface area (Å²) in [7, 11) is 2.24. The van der Waals surface area contributed by atoms with E-state index >= 15 is 0 Å². The fourth-order valence-corrected chi connectivity index (χ4v) is 6.86. The molecule has 3 heterocycles. The first-order chi connectivity index (χ1) is 15.1. The summed E-state index contributed by atoms with van der Waals surface area (Å²) in [5, 5.41) is 20.6. The van der Waals surface area contributed by atoms with Crippen LogP contribution in [0.5, 0.6) is 11.5 Å². The number of fused-ring (bicyclic) bond motifs is 2. The van der Waals surface area contributed by atoms with Crippen LogP contribution in [0.3, 0.4) is 0 Å². The zero-order valence-corrected chi connectivity index (χ0v) is 17.9. The number of aromatic hydroxyl groups is 1. The molecule has 2 aliphatic heterocycles. The summed E-state index contributed by atoms with van der Waals surface area (Å²) in [6.07, 6.45) is 2.78. The van der Waals surface area contributed by atoms with E-state index in [0.29, 0.717) is 22.7 Å². The number of ether oxygens (including phenoxy) is 1. The van der Waals surface area contributed by atoms with Gasteiger partial charge in [-0.15, -0.1) is 0 Å². The van der Waals surface area contributed by atoms with Crippen molar-refractivity contribution in [2.75, 3.05) is 13.6 Å². The number of piperidine rings is 1. The molecule has 1 N–H and O–H groups in total. The lowest BCUT2D eigenvalue weighted by Crippen LogP contribution is -2.62. The number of aromatic nitrogens is 2. The number of likely N-dealkylation sites (tertiary alicyclic amines) is 1. The third-order valence-electron chi connectivity index (χ3n) is 8.13. The Kier molecular flexibility index (Phi) is 3.48. The SMILES string of the molecule is CN1CC[C@]23c4c5ccc(O)c4O[C@H]2c2nnc(-c4ccc(Cl)cc4)cc2C[C@H]3[C@H]1C5. The van der Waals surface area contributed by atoms with Crippen LogP contribution in [0.4, 0.5) is 0 Å². The average molecular weight is 432 g/mol. The maximum Gasteiger partial charge on any atom is 0.166 e. The van der Waals surface area contributed by atoms with Crippen molar-refractivity contribution in [1.29, 1.82) is 0 Å². The molecule has 6 heteroatoms. The molecule has 7 rings (SSSR count). The van der Waals surface area contributed by atoms with Crippen molar-refractivity contribution in [1.82, 2.24) is 15.1 Å². The average Bonchev–Trinajstić information content (AvgIpc) is 3.13. The van der Waals surface area contributed by atoms with Crippen LogP contribution in [0.15, 0.2) is 42.5 Å². The van der Waals surface area contributed by atoms with Crippen molar-refractivity contribution in [3.05, 3.63) is 69.9 Å². The summed E-state index contributed by atoms with van der Waals surface area (Å²) in [6, 6.07) is 14.3. The fraction of sp³-hybridized carbons (Fsp3) is 0.360. The van der Waals surface area contributed by atoms with Crippen molar-refractivity contribution in [3.63, 3.8) is 0 Å². The molecule has 4 atom stereocenters. The lowest BCUT2D eigenvalue weighted by Gasteiger charge is -2.57. The van der Waals surface area contributed by atoms with Gasteiger partial charge in [-0.1, -0.05) is 29.8 Å². The number of hydrogen-bond acceptors (Lipinski definition) is 5. The molecule has 0 saturated carbocycles. The molecule has 31 heavy (non-hydrogen) atoms. The minimum absolute atomic E-state index is 0.123. The number of rotatable bonds is 1. The van der Waals surface area contributed by atoms with Gasteiger partial charge >= 0.3 is 0 Å². The Labute approximate surface area is 185 Å². The summed E-state index contributed by atoms with van der Waals surface area (Å²) in [6.45, 7) is 1.03. The summed E-state index contributed by atoms with van der Waals surface area (Å²) >= 11 is 6.07. The van der Waals surface area contributed by atoms with Crippen molar-refractivity contribution < 1.29 is 9.84 Å². The maximum atomic E-state index is 10.6. The van der Waals surface area contributed by atoms with Crippen molar-refractivity contribution in [3.8, 4) is 22.8 Å². The third-order valence-corrected chi connectivity index (χ3v) is 8.38. The monoisotopic (exact) mass is 431 g/mol. The highest BCUT2D eigenvalue weighted by Gasteiger charge is 2.65. The van der Waals surface area contributed by atoms with Gasteiger partial charge in [0.15, 0.2) is 17.6 Å². The van der Waals surface area contributed by atoms with Crippen LogP contribution in [0.1, 0.15) is 34.9 Å². The quantitative estimate of drug-likeness (QED) is 0.622. The van der Waals surface area contributed by atoms with E-state index in [-0.39, 0.29) is 17.3 Å². The Morgan fingerprint density at radius 2 is 1.94 bits per heavy atom. The van der Waals surface area contributed by atoms with Crippen LogP contribution in [0.2, 0.25) is 5.02 Å². The second-order valence-corrected chi connectivity index (χ2v) is 9.88. The molecule has 2 bridgehead atoms. The van der Waals surface area contributed by atoms with Crippen LogP contribution in [0, 0.1) is 5.92 Å². The Hall–Kier alpha value is -2.63. The first kappa shape index (κ1) is 18.0. The largest absolute Gasteiger partial charge is 0.504 e. The third kappa shape index (κ3) is 2.21. The van der Waals surface area contributed by atoms with Crippen LogP contribution in [0.25, 0.3) is 11.3 Å². The molecule has 4 aliphatic rings. The molecule has 1 saturated heterocycles. The summed E-state index contributed by atoms with van der Waals surface area (Å²) in [5.41, 5.74) is 6.44. The number of benzene rings is 2. The minimum atomic E-state index is -0.188. The highest BCUT2D eigenvalue weighted by Crippen LogP contribution is 2.66. The smallest absolute Gasteiger partial charge is 0.166 e. The molecule has 5 nitrogen and oxygen atoms in total. The van der Waals surface area contributed by atoms with E-state index < -0.39 is 0 Å². The molecule has 1 spiro atoms. The molecule has 3 aromatic rings. The highest BCUT2D eigenvalue weighted by molar-refractivity contribution is 6.30. The van der Waals surface area contributed by atoms with E-state index in [2.05, 4.69) is 29.2 Å². The van der Waals surface area contributed by atoms with Crippen LogP contribution < -0.4 is 4.74 Å². The fourth-order valence-electron chi connectivity index (χ4n) is 6.73. The lowest BCUT2D eigenvalue weighted by atomic mass is 9.51. The standard InChI is InChI=1S/C25H22ClN3O2/c1-29-9-8-25-17-10-15-11-18(13-2-5-16(26)6-3-13)27-28-22(15)24(25)31-23-20(30)7-4-14(21(23)25)12-19(17)29/h2-7,11,17,19,24,30H,8-10,12H2,1H3/t17-,19+,24-,25-/m0/s1. The zero-order valence-electron chi connectivity index (χ0n) is 17.2. The number of phenols is 1. The summed E-state index contributed by atoms with van der Waals surface area (Å²) in [5.74, 6) is 1.35. The molecular formula is C25H22ClN3O2. The number of hydrogen-bond donors (Lipinski definition) is 1. The lowest BCUT2D eigenvalue weighted by molar-refractivity contribution is -0.0264. The number of likely N-dealkylation sites (N-methyl/N-ethyl adjacent to an activating group) is 1. The van der Waals surface area contributed by atoms with Gasteiger partial charge in [-0.2, -0.15) is 10.2 Å². The summed E-state index contributed by atoms with van der Waals surface area (Å²) < 4.78 is 6.54. The van der Waals surface area contributed by atoms with Crippen LogP contribution >= 0.6 is 11.6 Å². The van der Waals surface area contributed by atoms with Gasteiger partial charge in [0.2, 0.25) is 0 Å². The molecule has 0 amide bonds. The second-order valence-electron chi connectivity index (χ2n) is 9.45. The van der Waals surface area contributed by atoms with Gasteiger partial charge in [0, 0.05) is 27.6 Å². The van der Waals surface area contributed by atoms with Gasteiger partial charge in [0.05, 0.1) is 5.69 Å². The van der Waals surface area contributed by atoms with Crippen LogP contribution in [-0.4, -0.2) is 39.8 Å². The van der Waals surface area contributed by atoms with Gasteiger partial charge in [-0.05, 0) is 74.2 Å². The molecular weight excluding hydrogens is 410 g/mol. The maximum absolute atomic E-state index is 10.6. The second kappa shape index (κ2) is 5.99. The molecule has 2 aliphatic carbocycles. The molecule has 2 aromatic carbocycles. The molecule has 0 radical (unpaired) electrons. The Morgan fingerprint density at radius 1 is 1.10 bits per heavy atom. The highest BCUT2D eigenvalue weighted by atomic mass is 35.5. The predicted molar refractivity (Wildman–Crippen MR) is 118 cm³/mol. The number of halogens is 1. The topological polar surface area (TPSA) is 58.5 Å². The normalized spacial score (nSPS) is 29.8. The summed E-state index contributed by atoms with van der Waals surface area (Å²) in [4.78, 5) is 2.51. The van der Waals surface area contributed by atoms with E-state index in [1.54, 1.807) is 6.07 Å². The van der Waals surface area contributed by atoms with Crippen molar-refractivity contribution in [2.24, 2.45) is 5.92 Å². The molecule has 1 fully saturated rings. The van der Waals surface area contributed by atoms with Crippen molar-refractivity contribution >= 4 is 11.6 Å². The molecule has 1 aromatic heterocycles. The Morgan fingerprint density at radius 3 is 2.77 bits per heavy atom. The van der Waals surface area contributed by atoms with E-state index in [9.17, 15) is 5.11 Å². The minimum Gasteiger partial charge on any atom is -0.504 e. The Balaban J connectivity index is 1.43. The van der Waals surface area contributed by atoms with Gasteiger partial charge in [-0.3, -0.25) is 0 Å². The van der Waals surface area contributed by atoms with E-state index in [0.717, 1.165) is 42.8 Å². The van der Waals surface area contributed by atoms with Crippen LogP contribution in [-0.2, 0) is 18.3 Å². The first-order valence-electron chi connectivity index (χ1n) is 10.9. The Bertz CT molecular complexity index is 1240. The van der Waals surface area contributed by atoms with Gasteiger partial charge in [0.25, 0.3) is 0 Å². The van der Waals surface area contributed by atoms with Gasteiger partial charge in [0.1, 0.15) is 5.69 Å². The van der Waals surface area contributed by atoms with Gasteiger partial charge < -0.3 is 14.7 Å². The molecule has 0 unspecified atom stereocenters. The first-order valence-corrected chi connectivity index (χ1v) is 11.3. The van der Waals surface area contributed by atoms with E-state index in [1.807, 2.05) is 24.3 Å². The zero-order chi connectivity index (χ0) is 20.9. The molecule has 156 valence electrons. The van der Waals surface area contributed by atoms with E-state index in [1.165, 1.54) is 16.7 Å². The predicted octanol–water partition coefficient (Wildman–Crippen LogP) is 4.31. The van der Waals surface area contributed by atoms with Gasteiger partial charge in [-0.25, -0.2) is 0 Å². The number of phenolic OH excluding ortho intramolecular Hbond substituents is 1. The number of nitrogens with zero attached hydrogens (tertiary/aromatic N) is 3. The van der Waals surface area contributed by atoms with Crippen molar-refractivity contribution in [2.45, 2.75) is 36.8 Å². The van der Waals surface area contributed by atoms with E-state index in [4.69, 9.17) is 21.4 Å².